The van der Waals surface area contributed by atoms with Crippen molar-refractivity contribution in [1.29, 1.82) is 0 Å². The van der Waals surface area contributed by atoms with Crippen LogP contribution in [-0.4, -0.2) is 19.5 Å². The molecule has 0 N–H and O–H groups in total. The zero-order valence-electron chi connectivity index (χ0n) is 10.2. The molecule has 0 aliphatic carbocycles. The van der Waals surface area contributed by atoms with Gasteiger partial charge >= 0.3 is 117 Å². The van der Waals surface area contributed by atoms with Gasteiger partial charge < -0.3 is 0 Å². The quantitative estimate of drug-likeness (QED) is 0.482. The van der Waals surface area contributed by atoms with Crippen LogP contribution in [0.5, 0.6) is 0 Å². The SMILES string of the molecule is c1ccc(-c2nc3ccc4ccccc4c3[se]2)cc1. The van der Waals surface area contributed by atoms with E-state index >= 15 is 0 Å². The van der Waals surface area contributed by atoms with Crippen LogP contribution < -0.4 is 0 Å². The van der Waals surface area contributed by atoms with Crippen LogP contribution in [0.4, 0.5) is 0 Å². The molecule has 1 nitrogen and oxygen atoms in total. The van der Waals surface area contributed by atoms with Crippen LogP contribution in [0.3, 0.4) is 0 Å². The van der Waals surface area contributed by atoms with Crippen molar-refractivity contribution in [3.8, 4) is 10.1 Å². The Hall–Kier alpha value is -1.89. The first-order valence-corrected chi connectivity index (χ1v) is 7.97. The van der Waals surface area contributed by atoms with Gasteiger partial charge in [-0.2, -0.15) is 0 Å². The number of nitrogens with zero attached hydrogens (tertiary/aromatic N) is 1. The number of rotatable bonds is 1. The number of hydrogen-bond donors (Lipinski definition) is 0. The van der Waals surface area contributed by atoms with Crippen molar-refractivity contribution in [1.82, 2.24) is 4.98 Å². The van der Waals surface area contributed by atoms with Crippen molar-refractivity contribution in [2.75, 3.05) is 0 Å². The van der Waals surface area contributed by atoms with Crippen molar-refractivity contribution in [2.24, 2.45) is 0 Å². The Morgan fingerprint density at radius 1 is 0.737 bits per heavy atom. The Morgan fingerprint density at radius 3 is 2.42 bits per heavy atom. The van der Waals surface area contributed by atoms with Crippen LogP contribution in [-0.2, 0) is 0 Å². The van der Waals surface area contributed by atoms with Crippen molar-refractivity contribution in [2.45, 2.75) is 0 Å². The van der Waals surface area contributed by atoms with E-state index in [4.69, 9.17) is 4.98 Å². The monoisotopic (exact) mass is 309 g/mol. The molecule has 1 heterocycles. The summed E-state index contributed by atoms with van der Waals surface area (Å²) < 4.78 is 2.66. The summed E-state index contributed by atoms with van der Waals surface area (Å²) in [5, 5.41) is 2.67. The van der Waals surface area contributed by atoms with E-state index in [0.717, 1.165) is 5.52 Å². The predicted molar refractivity (Wildman–Crippen MR) is 81.6 cm³/mol. The van der Waals surface area contributed by atoms with Crippen LogP contribution in [0.15, 0.2) is 66.7 Å². The third-order valence-corrected chi connectivity index (χ3v) is 5.72. The van der Waals surface area contributed by atoms with Crippen LogP contribution in [0.1, 0.15) is 0 Å². The Bertz CT molecular complexity index is 862. The molecule has 0 amide bonds. The average Bonchev–Trinajstić information content (AvgIpc) is 2.93. The number of aromatic nitrogens is 1. The second kappa shape index (κ2) is 4.34. The molecule has 3 aromatic carbocycles. The fourth-order valence-electron chi connectivity index (χ4n) is 2.36. The maximum atomic E-state index is 4.82. The fraction of sp³-hybridized carbons (Fsp3) is 0. The van der Waals surface area contributed by atoms with Gasteiger partial charge in [0.25, 0.3) is 0 Å². The van der Waals surface area contributed by atoms with E-state index in [1.54, 1.807) is 0 Å². The molecule has 2 heteroatoms. The van der Waals surface area contributed by atoms with Crippen LogP contribution in [0, 0.1) is 0 Å². The van der Waals surface area contributed by atoms with Gasteiger partial charge in [0.15, 0.2) is 0 Å². The Labute approximate surface area is 117 Å². The molecule has 0 saturated carbocycles. The molecular weight excluding hydrogens is 297 g/mol. The van der Waals surface area contributed by atoms with Gasteiger partial charge in [-0.3, -0.25) is 0 Å². The standard InChI is InChI=1S/C17H11NSe/c1-2-7-13(8-3-1)17-18-15-11-10-12-6-4-5-9-14(12)16(15)19-17/h1-11H. The third kappa shape index (κ3) is 1.81. The van der Waals surface area contributed by atoms with Gasteiger partial charge in [-0.15, -0.1) is 0 Å². The molecule has 19 heavy (non-hydrogen) atoms. The van der Waals surface area contributed by atoms with Crippen molar-refractivity contribution in [3.63, 3.8) is 0 Å². The van der Waals surface area contributed by atoms with Crippen molar-refractivity contribution < 1.29 is 0 Å². The molecular formula is C17H11NSe. The Balaban J connectivity index is 2.04. The minimum atomic E-state index is 0.303. The molecule has 0 spiro atoms. The van der Waals surface area contributed by atoms with Gasteiger partial charge in [-0.25, -0.2) is 0 Å². The first kappa shape index (κ1) is 11.0. The summed E-state index contributed by atoms with van der Waals surface area (Å²) >= 11 is 0.303. The molecule has 0 aliphatic heterocycles. The van der Waals surface area contributed by atoms with Crippen LogP contribution in [0.25, 0.3) is 30.7 Å². The van der Waals surface area contributed by atoms with E-state index in [2.05, 4.69) is 66.7 Å². The summed E-state index contributed by atoms with van der Waals surface area (Å²) in [6, 6.07) is 23.4. The molecule has 0 radical (unpaired) electrons. The normalized spacial score (nSPS) is 11.2. The van der Waals surface area contributed by atoms with E-state index in [1.165, 1.54) is 25.2 Å². The first-order chi connectivity index (χ1) is 9.42. The predicted octanol–water partition coefficient (Wildman–Crippen LogP) is 4.11. The average molecular weight is 308 g/mol. The molecule has 90 valence electrons. The molecule has 0 fully saturated rings. The van der Waals surface area contributed by atoms with Gasteiger partial charge in [0.05, 0.1) is 0 Å². The molecule has 0 bridgehead atoms. The van der Waals surface area contributed by atoms with Gasteiger partial charge in [-0.05, 0) is 0 Å². The summed E-state index contributed by atoms with van der Waals surface area (Å²) in [7, 11) is 0. The summed E-state index contributed by atoms with van der Waals surface area (Å²) in [5.74, 6) is 0. The van der Waals surface area contributed by atoms with E-state index in [9.17, 15) is 0 Å². The van der Waals surface area contributed by atoms with E-state index in [1.807, 2.05) is 0 Å². The number of hydrogen-bond acceptors (Lipinski definition) is 1. The van der Waals surface area contributed by atoms with Gasteiger partial charge in [-0.1, -0.05) is 0 Å². The summed E-state index contributed by atoms with van der Waals surface area (Å²) in [6.45, 7) is 0. The topological polar surface area (TPSA) is 12.9 Å². The summed E-state index contributed by atoms with van der Waals surface area (Å²) in [4.78, 5) is 4.82. The number of benzene rings is 3. The molecule has 4 rings (SSSR count). The Kier molecular flexibility index (Phi) is 2.51. The second-order valence-corrected chi connectivity index (χ2v) is 6.62. The molecule has 0 saturated heterocycles. The van der Waals surface area contributed by atoms with Crippen molar-refractivity contribution >= 4 is 35.1 Å². The van der Waals surface area contributed by atoms with Crippen LogP contribution >= 0.6 is 0 Å². The Morgan fingerprint density at radius 2 is 1.53 bits per heavy atom. The second-order valence-electron chi connectivity index (χ2n) is 4.52. The van der Waals surface area contributed by atoms with Crippen molar-refractivity contribution in [3.05, 3.63) is 66.7 Å². The zero-order chi connectivity index (χ0) is 12.7. The fourth-order valence-corrected chi connectivity index (χ4v) is 4.68. The van der Waals surface area contributed by atoms with Crippen LogP contribution in [0.2, 0.25) is 0 Å². The van der Waals surface area contributed by atoms with E-state index in [0.29, 0.717) is 14.5 Å². The third-order valence-electron chi connectivity index (χ3n) is 3.30. The molecule has 0 atom stereocenters. The summed E-state index contributed by atoms with van der Waals surface area (Å²) in [6.07, 6.45) is 0. The molecule has 4 aromatic rings. The van der Waals surface area contributed by atoms with Gasteiger partial charge in [0, 0.05) is 0 Å². The van der Waals surface area contributed by atoms with E-state index < -0.39 is 0 Å². The first-order valence-electron chi connectivity index (χ1n) is 6.25. The molecule has 1 aromatic heterocycles. The van der Waals surface area contributed by atoms with Gasteiger partial charge in [0.1, 0.15) is 0 Å². The molecule has 0 unspecified atom stereocenters. The molecule has 0 aliphatic rings. The van der Waals surface area contributed by atoms with E-state index in [-0.39, 0.29) is 0 Å². The zero-order valence-corrected chi connectivity index (χ0v) is 11.9. The number of fused-ring (bicyclic) bond motifs is 3. The van der Waals surface area contributed by atoms with Gasteiger partial charge in [0.2, 0.25) is 0 Å². The summed E-state index contributed by atoms with van der Waals surface area (Å²) in [5.41, 5.74) is 2.40. The maximum absolute atomic E-state index is 4.82. The minimum absolute atomic E-state index is 0.303.